The van der Waals surface area contributed by atoms with Crippen molar-refractivity contribution in [3.8, 4) is 0 Å². The second kappa shape index (κ2) is 18.9. The van der Waals surface area contributed by atoms with Crippen LogP contribution >= 0.6 is 0 Å². The molecule has 2 aromatic carbocycles. The van der Waals surface area contributed by atoms with Crippen molar-refractivity contribution in [1.29, 1.82) is 5.41 Å². The average molecular weight is 629 g/mol. The van der Waals surface area contributed by atoms with Crippen molar-refractivity contribution in [1.82, 2.24) is 15.6 Å². The van der Waals surface area contributed by atoms with Gasteiger partial charge in [-0.15, -0.1) is 0 Å². The topological polar surface area (TPSA) is 169 Å². The minimum absolute atomic E-state index is 0.0246. The third-order valence-electron chi connectivity index (χ3n) is 7.27. The Morgan fingerprint density at radius 1 is 1.04 bits per heavy atom. The number of hydrogen-bond donors (Lipinski definition) is 5. The molecule has 6 N–H and O–H groups in total. The van der Waals surface area contributed by atoms with Gasteiger partial charge in [0.25, 0.3) is 5.91 Å². The summed E-state index contributed by atoms with van der Waals surface area (Å²) in [5, 5.41) is 15.5. The van der Waals surface area contributed by atoms with Gasteiger partial charge in [-0.1, -0.05) is 29.8 Å². The molecular weight excluding hydrogens is 584 g/mol. The van der Waals surface area contributed by atoms with Crippen molar-refractivity contribution in [3.63, 3.8) is 0 Å². The van der Waals surface area contributed by atoms with Crippen LogP contribution in [0.2, 0.25) is 0 Å². The van der Waals surface area contributed by atoms with Gasteiger partial charge < -0.3 is 41.4 Å². The molecular formula is C35H44N6O5. The van der Waals surface area contributed by atoms with Gasteiger partial charge in [0.2, 0.25) is 5.91 Å². The zero-order valence-electron chi connectivity index (χ0n) is 26.7. The minimum atomic E-state index is -0.299. The molecule has 1 aromatic heterocycles. The number of likely N-dealkylation sites (N-methyl/N-ethyl adjacent to an activating group) is 1. The van der Waals surface area contributed by atoms with Crippen molar-refractivity contribution >= 4 is 41.9 Å². The highest BCUT2D eigenvalue weighted by Gasteiger charge is 2.28. The van der Waals surface area contributed by atoms with E-state index >= 15 is 0 Å². The van der Waals surface area contributed by atoms with Crippen LogP contribution in [0.5, 0.6) is 0 Å². The Bertz CT molecular complexity index is 1510. The molecule has 0 radical (unpaired) electrons. The number of ether oxygens (including phenoxy) is 2. The van der Waals surface area contributed by atoms with Crippen LogP contribution in [0, 0.1) is 25.2 Å². The first-order chi connectivity index (χ1) is 22.2. The molecule has 244 valence electrons. The van der Waals surface area contributed by atoms with Crippen LogP contribution in [0.15, 0.2) is 54.7 Å². The number of aromatic nitrogens is 1. The molecule has 1 heterocycles. The zero-order chi connectivity index (χ0) is 33.3. The number of pyridine rings is 1. The molecule has 0 aliphatic heterocycles. The zero-order valence-corrected chi connectivity index (χ0v) is 26.7. The van der Waals surface area contributed by atoms with E-state index in [1.165, 1.54) is 6.21 Å². The average Bonchev–Trinajstić information content (AvgIpc) is 3.49. The van der Waals surface area contributed by atoms with Crippen LogP contribution in [0.3, 0.4) is 0 Å². The summed E-state index contributed by atoms with van der Waals surface area (Å²) in [4.78, 5) is 39.6. The number of anilines is 2. The van der Waals surface area contributed by atoms with Gasteiger partial charge in [-0.2, -0.15) is 0 Å². The van der Waals surface area contributed by atoms with E-state index in [9.17, 15) is 14.4 Å². The van der Waals surface area contributed by atoms with E-state index in [0.717, 1.165) is 39.9 Å². The quantitative estimate of drug-likeness (QED) is 0.0737. The number of amides is 2. The third kappa shape index (κ3) is 11.3. The number of nitrogens with one attached hydrogen (secondary N) is 4. The molecule has 11 nitrogen and oxygen atoms in total. The fraction of sp³-hybridized carbons (Fsp3) is 0.343. The van der Waals surface area contributed by atoms with Crippen LogP contribution in [-0.2, 0) is 31.9 Å². The first kappa shape index (κ1) is 35.8. The van der Waals surface area contributed by atoms with Crippen molar-refractivity contribution in [2.24, 2.45) is 5.92 Å². The molecule has 4 rings (SSSR count). The molecule has 46 heavy (non-hydrogen) atoms. The maximum atomic E-state index is 12.8. The van der Waals surface area contributed by atoms with E-state index in [4.69, 9.17) is 20.6 Å². The summed E-state index contributed by atoms with van der Waals surface area (Å²) in [6.07, 6.45) is 8.61. The Hall–Kier alpha value is -4.71. The van der Waals surface area contributed by atoms with E-state index in [0.29, 0.717) is 62.6 Å². The summed E-state index contributed by atoms with van der Waals surface area (Å²) in [5.41, 5.74) is 12.8. The number of fused-ring (bicyclic) bond motifs is 1. The van der Waals surface area contributed by atoms with E-state index in [1.54, 1.807) is 24.4 Å². The van der Waals surface area contributed by atoms with Crippen molar-refractivity contribution in [2.45, 2.75) is 26.7 Å². The van der Waals surface area contributed by atoms with Gasteiger partial charge in [-0.3, -0.25) is 9.59 Å². The summed E-state index contributed by atoms with van der Waals surface area (Å²) in [6, 6.07) is 13.0. The summed E-state index contributed by atoms with van der Waals surface area (Å²) in [7, 11) is 1.88. The lowest BCUT2D eigenvalue weighted by Crippen LogP contribution is -2.25. The predicted molar refractivity (Wildman–Crippen MR) is 181 cm³/mol. The van der Waals surface area contributed by atoms with Gasteiger partial charge in [0.1, 0.15) is 12.1 Å². The molecule has 1 aliphatic rings. The smallest absolute Gasteiger partial charge is 0.251 e. The number of aldehydes is 1. The second-order valence-corrected chi connectivity index (χ2v) is 10.9. The van der Waals surface area contributed by atoms with Crippen LogP contribution in [0.4, 0.5) is 11.5 Å². The molecule has 0 bridgehead atoms. The molecule has 0 spiro atoms. The monoisotopic (exact) mass is 628 g/mol. The molecule has 0 saturated heterocycles. The maximum absolute atomic E-state index is 12.8. The Balaban J connectivity index is 0.000000441. The molecule has 0 fully saturated rings. The van der Waals surface area contributed by atoms with Crippen molar-refractivity contribution in [3.05, 3.63) is 93.7 Å². The SMILES string of the molecule is CNCCOCCOC/C=C/c1ccc(NC(=O)C2Cc3ccc(C(=O)NCC=O)cc3C2)nc1.Cc1cc(C)c(N)c(C=N)c1. The third-order valence-corrected chi connectivity index (χ3v) is 7.27. The number of carbonyl (C=O) groups excluding carboxylic acids is 3. The largest absolute Gasteiger partial charge is 0.398 e. The predicted octanol–water partition coefficient (Wildman–Crippen LogP) is 3.51. The molecule has 1 atom stereocenters. The molecule has 11 heteroatoms. The molecule has 1 aliphatic carbocycles. The van der Waals surface area contributed by atoms with Gasteiger partial charge in [0.15, 0.2) is 0 Å². The van der Waals surface area contributed by atoms with Crippen LogP contribution in [0.25, 0.3) is 6.08 Å². The Labute approximate surface area is 270 Å². The van der Waals surface area contributed by atoms with Gasteiger partial charge in [-0.05, 0) is 86.3 Å². The molecule has 2 amide bonds. The van der Waals surface area contributed by atoms with Crippen LogP contribution in [0.1, 0.15) is 43.7 Å². The van der Waals surface area contributed by atoms with E-state index in [1.807, 2.05) is 57.3 Å². The number of nitrogens with two attached hydrogens (primary N) is 1. The van der Waals surface area contributed by atoms with Gasteiger partial charge >= 0.3 is 0 Å². The number of benzene rings is 2. The number of carbonyl (C=O) groups is 3. The summed E-state index contributed by atoms with van der Waals surface area (Å²) in [6.45, 7) is 7.00. The molecule has 1 unspecified atom stereocenters. The van der Waals surface area contributed by atoms with Gasteiger partial charge in [0.05, 0.1) is 33.0 Å². The number of nitrogens with zero attached hydrogens (tertiary/aromatic N) is 1. The maximum Gasteiger partial charge on any atom is 0.251 e. The Morgan fingerprint density at radius 2 is 1.83 bits per heavy atom. The highest BCUT2D eigenvalue weighted by Crippen LogP contribution is 2.28. The van der Waals surface area contributed by atoms with Crippen LogP contribution in [-0.4, -0.2) is 75.9 Å². The lowest BCUT2D eigenvalue weighted by molar-refractivity contribution is -0.119. The summed E-state index contributed by atoms with van der Waals surface area (Å²) < 4.78 is 10.9. The number of nitrogen functional groups attached to an aromatic ring is 1. The van der Waals surface area contributed by atoms with Gasteiger partial charge in [0, 0.05) is 41.7 Å². The summed E-state index contributed by atoms with van der Waals surface area (Å²) in [5.74, 6) is -0.132. The van der Waals surface area contributed by atoms with Crippen molar-refractivity contribution in [2.75, 3.05) is 57.6 Å². The van der Waals surface area contributed by atoms with E-state index < -0.39 is 0 Å². The number of hydrogen-bond acceptors (Lipinski definition) is 9. The Kier molecular flexibility index (Phi) is 14.7. The standard InChI is InChI=1S/C26H32N4O5.C9H12N2/c1-27-9-12-35-14-13-34-11-2-3-19-4-7-24(29-18-19)30-26(33)23-15-20-5-6-21(16-22(20)17-23)25(32)28-8-10-31;1-6-3-7(2)9(11)8(4-6)5-10/h2-7,10,16,18,23,27H,8-9,11-15,17H2,1H3,(H,28,32)(H,29,30,33);3-5,10H,11H2,1-2H3/b3-2+;. The lowest BCUT2D eigenvalue weighted by atomic mass is 10.1. The number of rotatable bonds is 15. The normalized spacial score (nSPS) is 13.4. The molecule has 0 saturated carbocycles. The fourth-order valence-corrected chi connectivity index (χ4v) is 4.85. The fourth-order valence-electron chi connectivity index (χ4n) is 4.85. The lowest BCUT2D eigenvalue weighted by Gasteiger charge is -2.10. The second-order valence-electron chi connectivity index (χ2n) is 10.9. The Morgan fingerprint density at radius 3 is 2.54 bits per heavy atom. The molecule has 3 aromatic rings. The van der Waals surface area contributed by atoms with E-state index in [-0.39, 0.29) is 24.3 Å². The summed E-state index contributed by atoms with van der Waals surface area (Å²) >= 11 is 0. The van der Waals surface area contributed by atoms with Crippen molar-refractivity contribution < 1.29 is 23.9 Å². The van der Waals surface area contributed by atoms with E-state index in [2.05, 4.69) is 20.9 Å². The highest BCUT2D eigenvalue weighted by atomic mass is 16.5. The minimum Gasteiger partial charge on any atom is -0.398 e. The van der Waals surface area contributed by atoms with Crippen LogP contribution < -0.4 is 21.7 Å². The first-order valence-corrected chi connectivity index (χ1v) is 15.2. The van der Waals surface area contributed by atoms with Gasteiger partial charge in [-0.25, -0.2) is 4.98 Å². The first-order valence-electron chi connectivity index (χ1n) is 15.2. The highest BCUT2D eigenvalue weighted by molar-refractivity contribution is 5.96. The number of aryl methyl sites for hydroxylation is 2.